The zero-order valence-corrected chi connectivity index (χ0v) is 13.5. The lowest BCUT2D eigenvalue weighted by Gasteiger charge is -2.36. The van der Waals surface area contributed by atoms with Crippen LogP contribution in [0.4, 0.5) is 0 Å². The minimum absolute atomic E-state index is 0.152. The maximum absolute atomic E-state index is 10.1. The van der Waals surface area contributed by atoms with E-state index in [0.717, 1.165) is 25.9 Å². The lowest BCUT2D eigenvalue weighted by molar-refractivity contribution is 0.130. The highest BCUT2D eigenvalue weighted by molar-refractivity contribution is 5.25. The van der Waals surface area contributed by atoms with Crippen molar-refractivity contribution in [2.24, 2.45) is 0 Å². The van der Waals surface area contributed by atoms with Gasteiger partial charge in [-0.15, -0.1) is 0 Å². The average Bonchev–Trinajstić information content (AvgIpc) is 2.94. The summed E-state index contributed by atoms with van der Waals surface area (Å²) in [5.41, 5.74) is 0.896. The number of benzene rings is 1. The lowest BCUT2D eigenvalue weighted by Crippen LogP contribution is -2.48. The molecule has 3 heteroatoms. The number of rotatable bonds is 8. The number of hydrogen-bond acceptors (Lipinski definition) is 3. The zero-order valence-electron chi connectivity index (χ0n) is 13.5. The molecule has 0 saturated carbocycles. The Morgan fingerprint density at radius 3 is 2.67 bits per heavy atom. The SMILES string of the molecule is CCCNC(CO)(CCN1CCCC1C)c1ccccc1. The van der Waals surface area contributed by atoms with Crippen molar-refractivity contribution in [3.63, 3.8) is 0 Å². The normalized spacial score (nSPS) is 22.3. The van der Waals surface area contributed by atoms with E-state index in [0.29, 0.717) is 6.04 Å². The topological polar surface area (TPSA) is 35.5 Å². The molecular formula is C18H30N2O. The van der Waals surface area contributed by atoms with Crippen molar-refractivity contribution in [1.29, 1.82) is 0 Å². The van der Waals surface area contributed by atoms with Gasteiger partial charge in [0.1, 0.15) is 0 Å². The highest BCUT2D eigenvalue weighted by atomic mass is 16.3. The molecule has 1 saturated heterocycles. The van der Waals surface area contributed by atoms with E-state index in [2.05, 4.69) is 48.3 Å². The van der Waals surface area contributed by atoms with Gasteiger partial charge < -0.3 is 15.3 Å². The molecule has 0 amide bonds. The maximum Gasteiger partial charge on any atom is 0.0681 e. The van der Waals surface area contributed by atoms with Gasteiger partial charge in [0, 0.05) is 12.6 Å². The van der Waals surface area contributed by atoms with Crippen molar-refractivity contribution in [3.8, 4) is 0 Å². The largest absolute Gasteiger partial charge is 0.394 e. The van der Waals surface area contributed by atoms with Gasteiger partial charge >= 0.3 is 0 Å². The molecule has 2 atom stereocenters. The first-order valence-corrected chi connectivity index (χ1v) is 8.37. The van der Waals surface area contributed by atoms with Gasteiger partial charge in [0.05, 0.1) is 12.1 Å². The first kappa shape index (κ1) is 16.5. The van der Waals surface area contributed by atoms with Gasteiger partial charge in [-0.1, -0.05) is 37.3 Å². The second-order valence-electron chi connectivity index (χ2n) is 6.31. The van der Waals surface area contributed by atoms with Crippen molar-refractivity contribution in [2.45, 2.75) is 51.1 Å². The van der Waals surface area contributed by atoms with Crippen LogP contribution in [-0.4, -0.2) is 42.3 Å². The molecule has 3 nitrogen and oxygen atoms in total. The quantitative estimate of drug-likeness (QED) is 0.773. The molecule has 0 radical (unpaired) electrons. The molecule has 1 aliphatic heterocycles. The van der Waals surface area contributed by atoms with Crippen molar-refractivity contribution in [3.05, 3.63) is 35.9 Å². The van der Waals surface area contributed by atoms with Crippen molar-refractivity contribution >= 4 is 0 Å². The minimum atomic E-state index is -0.306. The second-order valence-corrected chi connectivity index (χ2v) is 6.31. The third-order valence-corrected chi connectivity index (χ3v) is 4.83. The van der Waals surface area contributed by atoms with Crippen molar-refractivity contribution in [1.82, 2.24) is 10.2 Å². The third-order valence-electron chi connectivity index (χ3n) is 4.83. The number of aliphatic hydroxyl groups is 1. The molecule has 2 N–H and O–H groups in total. The van der Waals surface area contributed by atoms with Gasteiger partial charge in [-0.05, 0) is 51.3 Å². The van der Waals surface area contributed by atoms with E-state index in [-0.39, 0.29) is 12.1 Å². The summed E-state index contributed by atoms with van der Waals surface area (Å²) in [5, 5.41) is 13.7. The summed E-state index contributed by atoms with van der Waals surface area (Å²) in [6.45, 7) is 7.82. The van der Waals surface area contributed by atoms with Gasteiger partial charge in [-0.2, -0.15) is 0 Å². The maximum atomic E-state index is 10.1. The number of aliphatic hydroxyl groups excluding tert-OH is 1. The van der Waals surface area contributed by atoms with E-state index in [1.807, 2.05) is 6.07 Å². The van der Waals surface area contributed by atoms with Crippen LogP contribution in [0.15, 0.2) is 30.3 Å². The Hall–Kier alpha value is -0.900. The average molecular weight is 290 g/mol. The first-order valence-electron chi connectivity index (χ1n) is 8.37. The van der Waals surface area contributed by atoms with Crippen molar-refractivity contribution in [2.75, 3.05) is 26.2 Å². The summed E-state index contributed by atoms with van der Waals surface area (Å²) in [7, 11) is 0. The van der Waals surface area contributed by atoms with E-state index in [1.165, 1.54) is 24.9 Å². The molecule has 2 unspecified atom stereocenters. The molecule has 0 spiro atoms. The molecular weight excluding hydrogens is 260 g/mol. The van der Waals surface area contributed by atoms with Gasteiger partial charge in [0.2, 0.25) is 0 Å². The molecule has 21 heavy (non-hydrogen) atoms. The number of nitrogens with one attached hydrogen (secondary N) is 1. The second kappa shape index (κ2) is 7.92. The number of hydrogen-bond donors (Lipinski definition) is 2. The molecule has 1 fully saturated rings. The van der Waals surface area contributed by atoms with Crippen LogP contribution in [0.25, 0.3) is 0 Å². The standard InChI is InChI=1S/C18H30N2O/c1-3-12-19-18(15-21,17-9-5-4-6-10-17)11-14-20-13-7-8-16(20)2/h4-6,9-10,16,19,21H,3,7-8,11-15H2,1-2H3. The molecule has 0 aromatic heterocycles. The molecule has 1 heterocycles. The van der Waals surface area contributed by atoms with Crippen molar-refractivity contribution < 1.29 is 5.11 Å². The van der Waals surface area contributed by atoms with Crippen LogP contribution >= 0.6 is 0 Å². The minimum Gasteiger partial charge on any atom is -0.394 e. The van der Waals surface area contributed by atoms with E-state index in [9.17, 15) is 5.11 Å². The first-order chi connectivity index (χ1) is 10.2. The van der Waals surface area contributed by atoms with Gasteiger partial charge in [0.15, 0.2) is 0 Å². The Morgan fingerprint density at radius 1 is 1.33 bits per heavy atom. The Labute approximate surface area is 129 Å². The molecule has 0 bridgehead atoms. The number of nitrogens with zero attached hydrogens (tertiary/aromatic N) is 1. The highest BCUT2D eigenvalue weighted by Crippen LogP contribution is 2.27. The number of likely N-dealkylation sites (tertiary alicyclic amines) is 1. The predicted molar refractivity (Wildman–Crippen MR) is 88.4 cm³/mol. The summed E-state index contributed by atoms with van der Waals surface area (Å²) in [4.78, 5) is 2.56. The highest BCUT2D eigenvalue weighted by Gasteiger charge is 2.32. The molecule has 0 aliphatic carbocycles. The van der Waals surface area contributed by atoms with E-state index < -0.39 is 0 Å². The summed E-state index contributed by atoms with van der Waals surface area (Å²) in [6, 6.07) is 11.1. The fourth-order valence-corrected chi connectivity index (χ4v) is 3.34. The molecule has 118 valence electrons. The lowest BCUT2D eigenvalue weighted by atomic mass is 9.86. The summed E-state index contributed by atoms with van der Waals surface area (Å²) in [6.07, 6.45) is 4.65. The zero-order chi connectivity index (χ0) is 15.1. The Bertz CT molecular complexity index is 409. The van der Waals surface area contributed by atoms with E-state index in [4.69, 9.17) is 0 Å². The van der Waals surface area contributed by atoms with Gasteiger partial charge in [-0.25, -0.2) is 0 Å². The van der Waals surface area contributed by atoms with E-state index >= 15 is 0 Å². The summed E-state index contributed by atoms with van der Waals surface area (Å²) >= 11 is 0. The summed E-state index contributed by atoms with van der Waals surface area (Å²) < 4.78 is 0. The van der Waals surface area contributed by atoms with Crippen LogP contribution in [0.2, 0.25) is 0 Å². The monoisotopic (exact) mass is 290 g/mol. The van der Waals surface area contributed by atoms with Crippen LogP contribution < -0.4 is 5.32 Å². The Kier molecular flexibility index (Phi) is 6.22. The van der Waals surface area contributed by atoms with Crippen LogP contribution in [-0.2, 0) is 5.54 Å². The van der Waals surface area contributed by atoms with Crippen LogP contribution in [0.5, 0.6) is 0 Å². The third kappa shape index (κ3) is 4.06. The Balaban J connectivity index is 2.10. The smallest absolute Gasteiger partial charge is 0.0681 e. The fraction of sp³-hybridized carbons (Fsp3) is 0.667. The van der Waals surface area contributed by atoms with Crippen LogP contribution in [0.3, 0.4) is 0 Å². The van der Waals surface area contributed by atoms with Gasteiger partial charge in [-0.3, -0.25) is 0 Å². The molecule has 1 aliphatic rings. The Morgan fingerprint density at radius 2 is 2.10 bits per heavy atom. The predicted octanol–water partition coefficient (Wildman–Crippen LogP) is 2.75. The van der Waals surface area contributed by atoms with Crippen LogP contribution in [0.1, 0.15) is 45.1 Å². The van der Waals surface area contributed by atoms with E-state index in [1.54, 1.807) is 0 Å². The fourth-order valence-electron chi connectivity index (χ4n) is 3.34. The summed E-state index contributed by atoms with van der Waals surface area (Å²) in [5.74, 6) is 0. The van der Waals surface area contributed by atoms with Gasteiger partial charge in [0.25, 0.3) is 0 Å². The van der Waals surface area contributed by atoms with Crippen LogP contribution in [0, 0.1) is 0 Å². The molecule has 1 aromatic carbocycles. The molecule has 2 rings (SSSR count). The molecule has 1 aromatic rings.